The van der Waals surface area contributed by atoms with Gasteiger partial charge in [0.15, 0.2) is 0 Å². The molecule has 4 heterocycles. The SMILES string of the molecule is CCOC(=O)c1sc2ncn(CC(=O)Nc3nnc(C4CCCO4)s3)c(=O)c2c1C. The minimum atomic E-state index is -0.486. The first kappa shape index (κ1) is 20.6. The van der Waals surface area contributed by atoms with Gasteiger partial charge in [-0.05, 0) is 32.3 Å². The standard InChI is InChI=1S/C18H19N5O5S2/c1-3-27-17(26)13-9(2)12-15(29-13)19-8-23(16(12)25)7-11(24)20-18-22-21-14(30-18)10-5-4-6-28-10/h8,10H,3-7H2,1-2H3,(H,20,22,24). The van der Waals surface area contributed by atoms with E-state index < -0.39 is 17.4 Å². The lowest BCUT2D eigenvalue weighted by molar-refractivity contribution is -0.116. The maximum absolute atomic E-state index is 12.9. The van der Waals surface area contributed by atoms with Crippen LogP contribution < -0.4 is 10.9 Å². The summed E-state index contributed by atoms with van der Waals surface area (Å²) in [5, 5.41) is 12.1. The molecular weight excluding hydrogens is 430 g/mol. The minimum absolute atomic E-state index is 0.0717. The van der Waals surface area contributed by atoms with Crippen molar-refractivity contribution in [3.05, 3.63) is 32.1 Å². The molecule has 0 saturated carbocycles. The summed E-state index contributed by atoms with van der Waals surface area (Å²) in [4.78, 5) is 42.4. The molecule has 4 rings (SSSR count). The number of aryl methyl sites for hydroxylation is 1. The van der Waals surface area contributed by atoms with E-state index in [1.165, 1.54) is 22.2 Å². The number of ether oxygens (including phenoxy) is 2. The van der Waals surface area contributed by atoms with Crippen LogP contribution in [0.25, 0.3) is 10.2 Å². The first-order valence-corrected chi connectivity index (χ1v) is 11.0. The maximum atomic E-state index is 12.9. The normalized spacial score (nSPS) is 16.1. The fraction of sp³-hybridized carbons (Fsp3) is 0.444. The third-order valence-electron chi connectivity index (χ3n) is 4.58. The number of nitrogens with zero attached hydrogens (tertiary/aromatic N) is 4. The number of carbonyl (C=O) groups excluding carboxylic acids is 2. The monoisotopic (exact) mass is 449 g/mol. The zero-order valence-electron chi connectivity index (χ0n) is 16.3. The van der Waals surface area contributed by atoms with Crippen molar-refractivity contribution in [2.45, 2.75) is 39.3 Å². The van der Waals surface area contributed by atoms with E-state index in [9.17, 15) is 14.4 Å². The van der Waals surface area contributed by atoms with Gasteiger partial charge in [0.2, 0.25) is 11.0 Å². The Hall–Kier alpha value is -2.70. The van der Waals surface area contributed by atoms with Gasteiger partial charge in [-0.25, -0.2) is 9.78 Å². The summed E-state index contributed by atoms with van der Waals surface area (Å²) in [6.45, 7) is 4.09. The molecule has 0 bridgehead atoms. The van der Waals surface area contributed by atoms with Crippen molar-refractivity contribution in [1.29, 1.82) is 0 Å². The molecule has 10 nitrogen and oxygen atoms in total. The zero-order chi connectivity index (χ0) is 21.3. The number of hydrogen-bond donors (Lipinski definition) is 1. The van der Waals surface area contributed by atoms with Crippen LogP contribution in [0.1, 0.15) is 46.1 Å². The lowest BCUT2D eigenvalue weighted by Gasteiger charge is -2.05. The molecule has 1 amide bonds. The van der Waals surface area contributed by atoms with Crippen molar-refractivity contribution in [2.75, 3.05) is 18.5 Å². The first-order chi connectivity index (χ1) is 14.5. The van der Waals surface area contributed by atoms with E-state index in [4.69, 9.17) is 9.47 Å². The van der Waals surface area contributed by atoms with Crippen molar-refractivity contribution >= 4 is 49.9 Å². The number of carbonyl (C=O) groups is 2. The van der Waals surface area contributed by atoms with Crippen molar-refractivity contribution in [3.63, 3.8) is 0 Å². The first-order valence-electron chi connectivity index (χ1n) is 9.38. The van der Waals surface area contributed by atoms with Crippen LogP contribution in [0.15, 0.2) is 11.1 Å². The highest BCUT2D eigenvalue weighted by molar-refractivity contribution is 7.20. The quantitative estimate of drug-likeness (QED) is 0.568. The number of aromatic nitrogens is 4. The molecular formula is C18H19N5O5S2. The molecule has 30 heavy (non-hydrogen) atoms. The molecule has 3 aromatic rings. The van der Waals surface area contributed by atoms with Gasteiger partial charge in [0.25, 0.3) is 5.56 Å². The number of nitrogens with one attached hydrogen (secondary N) is 1. The van der Waals surface area contributed by atoms with Crippen LogP contribution in [-0.4, -0.2) is 44.8 Å². The molecule has 1 fully saturated rings. The van der Waals surface area contributed by atoms with Gasteiger partial charge in [0, 0.05) is 6.61 Å². The van der Waals surface area contributed by atoms with Crippen LogP contribution in [-0.2, 0) is 20.8 Å². The number of thiophene rings is 1. The van der Waals surface area contributed by atoms with E-state index in [1.54, 1.807) is 13.8 Å². The number of hydrogen-bond acceptors (Lipinski definition) is 10. The van der Waals surface area contributed by atoms with Gasteiger partial charge >= 0.3 is 5.97 Å². The fourth-order valence-electron chi connectivity index (χ4n) is 3.16. The van der Waals surface area contributed by atoms with Crippen molar-refractivity contribution in [1.82, 2.24) is 19.7 Å². The molecule has 1 N–H and O–H groups in total. The third-order valence-corrected chi connectivity index (χ3v) is 6.69. The van der Waals surface area contributed by atoms with E-state index >= 15 is 0 Å². The Morgan fingerprint density at radius 2 is 2.20 bits per heavy atom. The van der Waals surface area contributed by atoms with Crippen LogP contribution in [0, 0.1) is 6.92 Å². The average Bonchev–Trinajstić information content (AvgIpc) is 3.44. The Kier molecular flexibility index (Phi) is 5.88. The van der Waals surface area contributed by atoms with Gasteiger partial charge in [0.05, 0.1) is 18.3 Å². The Balaban J connectivity index is 1.51. The van der Waals surface area contributed by atoms with Crippen molar-refractivity contribution in [2.24, 2.45) is 0 Å². The highest BCUT2D eigenvalue weighted by Gasteiger charge is 2.23. The van der Waals surface area contributed by atoms with Crippen LogP contribution in [0.5, 0.6) is 0 Å². The second kappa shape index (κ2) is 8.58. The zero-order valence-corrected chi connectivity index (χ0v) is 18.0. The highest BCUT2D eigenvalue weighted by atomic mass is 32.1. The van der Waals surface area contributed by atoms with Gasteiger partial charge in [-0.3, -0.25) is 19.5 Å². The lowest BCUT2D eigenvalue weighted by atomic mass is 10.2. The predicted molar refractivity (Wildman–Crippen MR) is 111 cm³/mol. The van der Waals surface area contributed by atoms with Crippen LogP contribution in [0.4, 0.5) is 5.13 Å². The molecule has 1 saturated heterocycles. The predicted octanol–water partition coefficient (Wildman–Crippen LogP) is 2.28. The molecule has 3 aromatic heterocycles. The van der Waals surface area contributed by atoms with Crippen molar-refractivity contribution < 1.29 is 19.1 Å². The number of amides is 1. The van der Waals surface area contributed by atoms with Gasteiger partial charge in [0.1, 0.15) is 27.4 Å². The molecule has 1 unspecified atom stereocenters. The molecule has 158 valence electrons. The van der Waals surface area contributed by atoms with E-state index in [1.807, 2.05) is 0 Å². The molecule has 1 aliphatic rings. The third kappa shape index (κ3) is 3.98. The average molecular weight is 450 g/mol. The summed E-state index contributed by atoms with van der Waals surface area (Å²) in [5.74, 6) is -0.910. The summed E-state index contributed by atoms with van der Waals surface area (Å²) in [5.41, 5.74) is 0.114. The summed E-state index contributed by atoms with van der Waals surface area (Å²) >= 11 is 2.36. The van der Waals surface area contributed by atoms with Gasteiger partial charge < -0.3 is 9.47 Å². The number of rotatable bonds is 6. The summed E-state index contributed by atoms with van der Waals surface area (Å²) in [6, 6.07) is 0. The summed E-state index contributed by atoms with van der Waals surface area (Å²) in [6.07, 6.45) is 3.09. The Morgan fingerprint density at radius 3 is 2.93 bits per heavy atom. The second-order valence-electron chi connectivity index (χ2n) is 6.63. The van der Waals surface area contributed by atoms with E-state index in [2.05, 4.69) is 20.5 Å². The molecule has 1 atom stereocenters. The Morgan fingerprint density at radius 1 is 1.37 bits per heavy atom. The molecule has 1 aliphatic heterocycles. The number of anilines is 1. The molecule has 0 radical (unpaired) electrons. The van der Waals surface area contributed by atoms with Gasteiger partial charge in [-0.1, -0.05) is 11.3 Å². The topological polar surface area (TPSA) is 125 Å². The van der Waals surface area contributed by atoms with Crippen LogP contribution in [0.3, 0.4) is 0 Å². The number of esters is 1. The summed E-state index contributed by atoms with van der Waals surface area (Å²) in [7, 11) is 0. The largest absolute Gasteiger partial charge is 0.462 e. The Bertz CT molecular complexity index is 1160. The van der Waals surface area contributed by atoms with Crippen LogP contribution in [0.2, 0.25) is 0 Å². The molecule has 0 aromatic carbocycles. The number of fused-ring (bicyclic) bond motifs is 1. The van der Waals surface area contributed by atoms with Gasteiger partial charge in [-0.2, -0.15) is 0 Å². The smallest absolute Gasteiger partial charge is 0.348 e. The summed E-state index contributed by atoms with van der Waals surface area (Å²) < 4.78 is 11.8. The minimum Gasteiger partial charge on any atom is -0.462 e. The molecule has 0 spiro atoms. The molecule has 0 aliphatic carbocycles. The second-order valence-corrected chi connectivity index (χ2v) is 8.64. The Labute approximate surface area is 178 Å². The van der Waals surface area contributed by atoms with E-state index in [-0.39, 0.29) is 19.3 Å². The fourth-order valence-corrected chi connectivity index (χ4v) is 5.04. The van der Waals surface area contributed by atoms with E-state index in [0.717, 1.165) is 29.2 Å². The van der Waals surface area contributed by atoms with Crippen molar-refractivity contribution in [3.8, 4) is 0 Å². The van der Waals surface area contributed by atoms with Crippen LogP contribution >= 0.6 is 22.7 Å². The lowest BCUT2D eigenvalue weighted by Crippen LogP contribution is -2.27. The highest BCUT2D eigenvalue weighted by Crippen LogP contribution is 2.32. The maximum Gasteiger partial charge on any atom is 0.348 e. The molecule has 12 heteroatoms. The van der Waals surface area contributed by atoms with Gasteiger partial charge in [-0.15, -0.1) is 21.5 Å². The van der Waals surface area contributed by atoms with E-state index in [0.29, 0.717) is 32.4 Å².